The molecular formula is C15H10F7N3S. The standard InChI is InChI=1S/C15H10F7N3S/c16-12-8(3-2-6-23-12)7-24-13(26)25-10-5-1-4-9(14(17,18)19)11(10)15(20,21)22/h1-6H,7H2,(H2,24,25,26). The first-order valence-corrected chi connectivity index (χ1v) is 7.32. The van der Waals surface area contributed by atoms with Crippen LogP contribution in [0.15, 0.2) is 36.5 Å². The largest absolute Gasteiger partial charge is 0.419 e. The number of thiocarbonyl (C=S) groups is 1. The predicted molar refractivity (Wildman–Crippen MR) is 83.7 cm³/mol. The average molecular weight is 397 g/mol. The molecule has 2 rings (SSSR count). The Kier molecular flexibility index (Phi) is 5.69. The molecule has 0 amide bonds. The molecule has 2 N–H and O–H groups in total. The summed E-state index contributed by atoms with van der Waals surface area (Å²) in [5, 5.41) is 4.09. The van der Waals surface area contributed by atoms with Crippen molar-refractivity contribution in [3.63, 3.8) is 0 Å². The predicted octanol–water partition coefficient (Wildman–Crippen LogP) is 4.74. The number of nitrogens with zero attached hydrogens (tertiary/aromatic N) is 1. The summed E-state index contributed by atoms with van der Waals surface area (Å²) in [6.07, 6.45) is -9.26. The topological polar surface area (TPSA) is 37.0 Å². The minimum absolute atomic E-state index is 0.0803. The van der Waals surface area contributed by atoms with Crippen molar-refractivity contribution in [2.45, 2.75) is 18.9 Å². The fourth-order valence-electron chi connectivity index (χ4n) is 2.09. The lowest BCUT2D eigenvalue weighted by molar-refractivity contribution is -0.161. The van der Waals surface area contributed by atoms with Crippen molar-refractivity contribution in [1.29, 1.82) is 0 Å². The van der Waals surface area contributed by atoms with Gasteiger partial charge in [-0.25, -0.2) is 4.98 Å². The van der Waals surface area contributed by atoms with Crippen LogP contribution >= 0.6 is 12.2 Å². The molecule has 0 spiro atoms. The molecule has 0 unspecified atom stereocenters. The van der Waals surface area contributed by atoms with E-state index < -0.39 is 40.2 Å². The van der Waals surface area contributed by atoms with Gasteiger partial charge >= 0.3 is 12.4 Å². The van der Waals surface area contributed by atoms with Crippen LogP contribution in [0, 0.1) is 5.95 Å². The Balaban J connectivity index is 2.23. The van der Waals surface area contributed by atoms with Crippen molar-refractivity contribution in [2.75, 3.05) is 5.32 Å². The second kappa shape index (κ2) is 7.44. The van der Waals surface area contributed by atoms with Crippen molar-refractivity contribution in [2.24, 2.45) is 0 Å². The van der Waals surface area contributed by atoms with Gasteiger partial charge in [-0.1, -0.05) is 12.1 Å². The van der Waals surface area contributed by atoms with E-state index in [1.54, 1.807) is 0 Å². The van der Waals surface area contributed by atoms with Gasteiger partial charge in [0.15, 0.2) is 5.11 Å². The molecular weight excluding hydrogens is 387 g/mol. The zero-order valence-electron chi connectivity index (χ0n) is 12.7. The fraction of sp³-hybridized carbons (Fsp3) is 0.200. The summed E-state index contributed by atoms with van der Waals surface area (Å²) >= 11 is 4.78. The van der Waals surface area contributed by atoms with Crippen molar-refractivity contribution in [3.8, 4) is 0 Å². The lowest BCUT2D eigenvalue weighted by Crippen LogP contribution is -2.30. The molecule has 0 saturated carbocycles. The minimum atomic E-state index is -5.26. The summed E-state index contributed by atoms with van der Waals surface area (Å²) in [4.78, 5) is 3.38. The quantitative estimate of drug-likeness (QED) is 0.446. The number of halogens is 7. The molecule has 0 radical (unpaired) electrons. The Morgan fingerprint density at radius 2 is 1.69 bits per heavy atom. The van der Waals surface area contributed by atoms with Crippen molar-refractivity contribution in [3.05, 3.63) is 59.2 Å². The van der Waals surface area contributed by atoms with Crippen LogP contribution in [0.2, 0.25) is 0 Å². The van der Waals surface area contributed by atoms with Crippen LogP contribution in [0.25, 0.3) is 0 Å². The average Bonchev–Trinajstić information content (AvgIpc) is 2.52. The zero-order chi connectivity index (χ0) is 19.5. The third kappa shape index (κ3) is 4.81. The highest BCUT2D eigenvalue weighted by atomic mass is 32.1. The monoisotopic (exact) mass is 397 g/mol. The molecule has 11 heteroatoms. The number of hydrogen-bond acceptors (Lipinski definition) is 2. The molecule has 0 atom stereocenters. The summed E-state index contributed by atoms with van der Waals surface area (Å²) in [6.45, 7) is -0.216. The van der Waals surface area contributed by atoms with Gasteiger partial charge in [-0.05, 0) is 30.4 Å². The second-order valence-corrected chi connectivity index (χ2v) is 5.39. The van der Waals surface area contributed by atoms with Crippen molar-refractivity contribution < 1.29 is 30.7 Å². The van der Waals surface area contributed by atoms with Gasteiger partial charge in [-0.3, -0.25) is 0 Å². The van der Waals surface area contributed by atoms with Crippen LogP contribution in [-0.4, -0.2) is 10.1 Å². The molecule has 1 heterocycles. The van der Waals surface area contributed by atoms with Gasteiger partial charge in [-0.2, -0.15) is 30.7 Å². The molecule has 0 saturated heterocycles. The number of hydrogen-bond donors (Lipinski definition) is 2. The highest BCUT2D eigenvalue weighted by Gasteiger charge is 2.44. The van der Waals surface area contributed by atoms with Crippen molar-refractivity contribution in [1.82, 2.24) is 10.3 Å². The van der Waals surface area contributed by atoms with Gasteiger partial charge in [0.2, 0.25) is 5.95 Å². The van der Waals surface area contributed by atoms with Gasteiger partial charge in [0, 0.05) is 18.3 Å². The first kappa shape index (κ1) is 19.9. The highest BCUT2D eigenvalue weighted by Crippen LogP contribution is 2.43. The molecule has 140 valence electrons. The number of nitrogens with one attached hydrogen (secondary N) is 2. The maximum absolute atomic E-state index is 13.4. The lowest BCUT2D eigenvalue weighted by Gasteiger charge is -2.20. The number of alkyl halides is 6. The van der Waals surface area contributed by atoms with E-state index in [4.69, 9.17) is 12.2 Å². The molecule has 0 aliphatic carbocycles. The normalized spacial score (nSPS) is 12.0. The maximum atomic E-state index is 13.4. The van der Waals surface area contributed by atoms with Crippen LogP contribution in [-0.2, 0) is 18.9 Å². The lowest BCUT2D eigenvalue weighted by atomic mass is 10.0. The van der Waals surface area contributed by atoms with Gasteiger partial charge in [-0.15, -0.1) is 0 Å². The van der Waals surface area contributed by atoms with E-state index in [-0.39, 0.29) is 12.1 Å². The van der Waals surface area contributed by atoms with Crippen LogP contribution in [0.3, 0.4) is 0 Å². The zero-order valence-corrected chi connectivity index (χ0v) is 13.5. The maximum Gasteiger partial charge on any atom is 0.419 e. The third-order valence-corrected chi connectivity index (χ3v) is 3.42. The summed E-state index contributed by atoms with van der Waals surface area (Å²) in [6, 6.07) is 4.77. The molecule has 0 bridgehead atoms. The summed E-state index contributed by atoms with van der Waals surface area (Å²) in [7, 11) is 0. The molecule has 2 aromatic rings. The van der Waals surface area contributed by atoms with E-state index in [1.807, 2.05) is 0 Å². The first-order chi connectivity index (χ1) is 12.0. The van der Waals surface area contributed by atoms with E-state index in [1.165, 1.54) is 18.3 Å². The first-order valence-electron chi connectivity index (χ1n) is 6.92. The molecule has 3 nitrogen and oxygen atoms in total. The number of aromatic nitrogens is 1. The van der Waals surface area contributed by atoms with Crippen LogP contribution in [0.1, 0.15) is 16.7 Å². The molecule has 26 heavy (non-hydrogen) atoms. The Morgan fingerprint density at radius 1 is 1.00 bits per heavy atom. The number of benzene rings is 1. The molecule has 0 fully saturated rings. The van der Waals surface area contributed by atoms with Crippen LogP contribution in [0.5, 0.6) is 0 Å². The highest BCUT2D eigenvalue weighted by molar-refractivity contribution is 7.80. The Bertz CT molecular complexity index is 803. The van der Waals surface area contributed by atoms with Gasteiger partial charge in [0.05, 0.1) is 16.8 Å². The molecule has 1 aromatic carbocycles. The number of anilines is 1. The fourth-order valence-corrected chi connectivity index (χ4v) is 2.27. The summed E-state index contributed by atoms with van der Waals surface area (Å²) in [5.41, 5.74) is -4.51. The summed E-state index contributed by atoms with van der Waals surface area (Å²) in [5.74, 6) is -0.808. The van der Waals surface area contributed by atoms with Gasteiger partial charge in [0.1, 0.15) is 0 Å². The van der Waals surface area contributed by atoms with E-state index in [0.717, 1.165) is 12.1 Å². The number of pyridine rings is 1. The smallest absolute Gasteiger partial charge is 0.358 e. The molecule has 0 aliphatic rings. The van der Waals surface area contributed by atoms with E-state index in [2.05, 4.69) is 15.6 Å². The molecule has 0 aliphatic heterocycles. The summed E-state index contributed by atoms with van der Waals surface area (Å²) < 4.78 is 91.4. The van der Waals surface area contributed by atoms with Crippen molar-refractivity contribution >= 4 is 23.0 Å². The van der Waals surface area contributed by atoms with Gasteiger partial charge < -0.3 is 10.6 Å². The third-order valence-electron chi connectivity index (χ3n) is 3.18. The van der Waals surface area contributed by atoms with E-state index in [0.29, 0.717) is 6.07 Å². The molecule has 1 aromatic heterocycles. The Morgan fingerprint density at radius 3 is 2.27 bits per heavy atom. The van der Waals surface area contributed by atoms with Gasteiger partial charge in [0.25, 0.3) is 0 Å². The Hall–Kier alpha value is -2.43. The number of rotatable bonds is 3. The minimum Gasteiger partial charge on any atom is -0.358 e. The van der Waals surface area contributed by atoms with Crippen LogP contribution in [0.4, 0.5) is 36.4 Å². The Labute approximate surface area is 148 Å². The van der Waals surface area contributed by atoms with E-state index in [9.17, 15) is 30.7 Å². The van der Waals surface area contributed by atoms with E-state index >= 15 is 0 Å². The SMILES string of the molecule is Fc1ncccc1CNC(=S)Nc1cccc(C(F)(F)F)c1C(F)(F)F. The second-order valence-electron chi connectivity index (χ2n) is 4.98. The van der Waals surface area contributed by atoms with Crippen LogP contribution < -0.4 is 10.6 Å².